The predicted octanol–water partition coefficient (Wildman–Crippen LogP) is 3.22. The molecule has 1 aromatic rings. The number of nitrogens with two attached hydrogens (primary N) is 1. The van der Waals surface area contributed by atoms with Gasteiger partial charge in [-0.05, 0) is 26.2 Å². The maximum Gasteiger partial charge on any atom is 0.110 e. The first-order valence-corrected chi connectivity index (χ1v) is 7.02. The summed E-state index contributed by atoms with van der Waals surface area (Å²) >= 11 is 0. The van der Waals surface area contributed by atoms with Gasteiger partial charge in [0.25, 0.3) is 0 Å². The van der Waals surface area contributed by atoms with E-state index in [0.717, 1.165) is 12.2 Å². The van der Waals surface area contributed by atoms with Gasteiger partial charge in [-0.2, -0.15) is 0 Å². The van der Waals surface area contributed by atoms with Crippen molar-refractivity contribution in [1.29, 1.82) is 0 Å². The lowest BCUT2D eigenvalue weighted by atomic mass is 9.86. The average Bonchev–Trinajstić information content (AvgIpc) is 2.74. The molecule has 0 spiro atoms. The second kappa shape index (κ2) is 5.67. The number of H-pyrrole nitrogens is 1. The molecule has 0 bridgehead atoms. The van der Waals surface area contributed by atoms with Crippen LogP contribution < -0.4 is 5.73 Å². The van der Waals surface area contributed by atoms with Crippen molar-refractivity contribution in [3.05, 3.63) is 17.2 Å². The standard InChI is InChI=1S/C14H25N3/c1-3-11(9-15)14-16-10(2)13(17-14)12-7-5-4-6-8-12/h11-12H,3-9,15H2,1-2H3,(H,16,17). The second-order valence-electron chi connectivity index (χ2n) is 5.31. The van der Waals surface area contributed by atoms with Crippen LogP contribution in [0.4, 0.5) is 0 Å². The van der Waals surface area contributed by atoms with Crippen LogP contribution in [0.15, 0.2) is 0 Å². The van der Waals surface area contributed by atoms with Gasteiger partial charge < -0.3 is 10.7 Å². The van der Waals surface area contributed by atoms with E-state index in [2.05, 4.69) is 18.8 Å². The SMILES string of the molecule is CCC(CN)c1nc(C2CCCCC2)c(C)[nH]1. The number of hydrogen-bond donors (Lipinski definition) is 2. The van der Waals surface area contributed by atoms with Crippen LogP contribution >= 0.6 is 0 Å². The van der Waals surface area contributed by atoms with Crippen molar-refractivity contribution in [2.75, 3.05) is 6.54 Å². The minimum absolute atomic E-state index is 0.394. The number of nitrogens with zero attached hydrogens (tertiary/aromatic N) is 1. The Hall–Kier alpha value is -0.830. The molecule has 0 amide bonds. The fraction of sp³-hybridized carbons (Fsp3) is 0.786. The highest BCUT2D eigenvalue weighted by Gasteiger charge is 2.22. The van der Waals surface area contributed by atoms with Crippen LogP contribution in [-0.4, -0.2) is 16.5 Å². The van der Waals surface area contributed by atoms with Gasteiger partial charge in [0.15, 0.2) is 0 Å². The van der Waals surface area contributed by atoms with Gasteiger partial charge in [-0.3, -0.25) is 0 Å². The molecule has 3 nitrogen and oxygen atoms in total. The zero-order valence-corrected chi connectivity index (χ0v) is 11.1. The lowest BCUT2D eigenvalue weighted by Crippen LogP contribution is -2.13. The van der Waals surface area contributed by atoms with Gasteiger partial charge in [-0.1, -0.05) is 26.2 Å². The molecule has 1 aliphatic rings. The summed E-state index contributed by atoms with van der Waals surface area (Å²) < 4.78 is 0. The molecule has 1 atom stereocenters. The predicted molar refractivity (Wildman–Crippen MR) is 71.2 cm³/mol. The molecule has 0 saturated heterocycles. The fourth-order valence-electron chi connectivity index (χ4n) is 2.94. The number of hydrogen-bond acceptors (Lipinski definition) is 2. The number of imidazole rings is 1. The molecule has 3 heteroatoms. The summed E-state index contributed by atoms with van der Waals surface area (Å²) in [5.74, 6) is 2.18. The van der Waals surface area contributed by atoms with E-state index in [0.29, 0.717) is 18.4 Å². The molecule has 2 rings (SSSR count). The molecule has 1 aliphatic carbocycles. The Balaban J connectivity index is 2.17. The minimum atomic E-state index is 0.394. The number of aryl methyl sites for hydroxylation is 1. The summed E-state index contributed by atoms with van der Waals surface area (Å²) in [4.78, 5) is 8.29. The van der Waals surface area contributed by atoms with Crippen LogP contribution in [-0.2, 0) is 0 Å². The first-order chi connectivity index (χ1) is 8.26. The smallest absolute Gasteiger partial charge is 0.110 e. The maximum atomic E-state index is 5.79. The van der Waals surface area contributed by atoms with Gasteiger partial charge in [0.1, 0.15) is 5.82 Å². The maximum absolute atomic E-state index is 5.79. The molecular formula is C14H25N3. The van der Waals surface area contributed by atoms with Crippen molar-refractivity contribution < 1.29 is 0 Å². The van der Waals surface area contributed by atoms with E-state index in [-0.39, 0.29) is 0 Å². The van der Waals surface area contributed by atoms with Crippen LogP contribution in [0, 0.1) is 6.92 Å². The third-order valence-corrected chi connectivity index (χ3v) is 4.10. The molecule has 0 aliphatic heterocycles. The molecule has 1 saturated carbocycles. The Kier molecular flexibility index (Phi) is 4.21. The molecule has 3 N–H and O–H groups in total. The topological polar surface area (TPSA) is 54.7 Å². The number of rotatable bonds is 4. The van der Waals surface area contributed by atoms with E-state index < -0.39 is 0 Å². The zero-order chi connectivity index (χ0) is 12.3. The van der Waals surface area contributed by atoms with Gasteiger partial charge in [-0.25, -0.2) is 4.98 Å². The normalized spacial score (nSPS) is 19.5. The molecular weight excluding hydrogens is 210 g/mol. The van der Waals surface area contributed by atoms with E-state index in [1.807, 2.05) is 0 Å². The Labute approximate surface area is 104 Å². The summed E-state index contributed by atoms with van der Waals surface area (Å²) in [6, 6.07) is 0. The van der Waals surface area contributed by atoms with E-state index in [1.54, 1.807) is 0 Å². The molecule has 0 radical (unpaired) electrons. The lowest BCUT2D eigenvalue weighted by Gasteiger charge is -2.20. The molecule has 1 heterocycles. The zero-order valence-electron chi connectivity index (χ0n) is 11.1. The van der Waals surface area contributed by atoms with Crippen molar-refractivity contribution in [3.63, 3.8) is 0 Å². The first-order valence-electron chi connectivity index (χ1n) is 7.02. The third-order valence-electron chi connectivity index (χ3n) is 4.10. The van der Waals surface area contributed by atoms with Crippen LogP contribution in [0.1, 0.15) is 74.5 Å². The van der Waals surface area contributed by atoms with Crippen LogP contribution in [0.2, 0.25) is 0 Å². The lowest BCUT2D eigenvalue weighted by molar-refractivity contribution is 0.435. The summed E-state index contributed by atoms with van der Waals surface area (Å²) in [6.45, 7) is 5.02. The largest absolute Gasteiger partial charge is 0.346 e. The minimum Gasteiger partial charge on any atom is -0.346 e. The summed E-state index contributed by atoms with van der Waals surface area (Å²) in [7, 11) is 0. The van der Waals surface area contributed by atoms with Gasteiger partial charge in [0.05, 0.1) is 5.69 Å². The Morgan fingerprint density at radius 3 is 2.65 bits per heavy atom. The highest BCUT2D eigenvalue weighted by Crippen LogP contribution is 2.34. The van der Waals surface area contributed by atoms with E-state index in [9.17, 15) is 0 Å². The molecule has 1 fully saturated rings. The fourth-order valence-corrected chi connectivity index (χ4v) is 2.94. The van der Waals surface area contributed by atoms with Gasteiger partial charge in [0.2, 0.25) is 0 Å². The van der Waals surface area contributed by atoms with Crippen LogP contribution in [0.3, 0.4) is 0 Å². The second-order valence-corrected chi connectivity index (χ2v) is 5.31. The monoisotopic (exact) mass is 235 g/mol. The number of aromatic amines is 1. The van der Waals surface area contributed by atoms with Crippen LogP contribution in [0.5, 0.6) is 0 Å². The van der Waals surface area contributed by atoms with E-state index in [4.69, 9.17) is 10.7 Å². The first kappa shape index (κ1) is 12.6. The van der Waals surface area contributed by atoms with Gasteiger partial charge >= 0.3 is 0 Å². The highest BCUT2D eigenvalue weighted by atomic mass is 14.9. The number of nitrogens with one attached hydrogen (secondary N) is 1. The summed E-state index contributed by atoms with van der Waals surface area (Å²) in [6.07, 6.45) is 7.80. The van der Waals surface area contributed by atoms with E-state index >= 15 is 0 Å². The van der Waals surface area contributed by atoms with Crippen molar-refractivity contribution in [3.8, 4) is 0 Å². The average molecular weight is 235 g/mol. The Bertz CT molecular complexity index is 346. The molecule has 1 unspecified atom stereocenters. The Morgan fingerprint density at radius 1 is 1.35 bits per heavy atom. The Morgan fingerprint density at radius 2 is 2.06 bits per heavy atom. The third kappa shape index (κ3) is 2.71. The summed E-state index contributed by atoms with van der Waals surface area (Å²) in [5.41, 5.74) is 8.37. The van der Waals surface area contributed by atoms with Gasteiger partial charge in [0, 0.05) is 24.1 Å². The van der Waals surface area contributed by atoms with E-state index in [1.165, 1.54) is 43.5 Å². The molecule has 17 heavy (non-hydrogen) atoms. The van der Waals surface area contributed by atoms with Crippen molar-refractivity contribution in [1.82, 2.24) is 9.97 Å². The molecule has 0 aromatic carbocycles. The molecule has 96 valence electrons. The van der Waals surface area contributed by atoms with Crippen molar-refractivity contribution in [2.45, 2.75) is 64.2 Å². The number of aromatic nitrogens is 2. The van der Waals surface area contributed by atoms with Crippen LogP contribution in [0.25, 0.3) is 0 Å². The van der Waals surface area contributed by atoms with Gasteiger partial charge in [-0.15, -0.1) is 0 Å². The quantitative estimate of drug-likeness (QED) is 0.842. The van der Waals surface area contributed by atoms with Crippen molar-refractivity contribution in [2.24, 2.45) is 5.73 Å². The van der Waals surface area contributed by atoms with Crippen molar-refractivity contribution >= 4 is 0 Å². The highest BCUT2D eigenvalue weighted by molar-refractivity contribution is 5.20. The molecule has 1 aromatic heterocycles. The summed E-state index contributed by atoms with van der Waals surface area (Å²) in [5, 5.41) is 0.